The zero-order valence-corrected chi connectivity index (χ0v) is 23.0. The molecule has 9 rings (SSSR count). The average Bonchev–Trinajstić information content (AvgIpc) is 3.61. The molecule has 6 aromatic carbocycles. The first-order valence-electron chi connectivity index (χ1n) is 14.2. The highest BCUT2D eigenvalue weighted by Gasteiger charge is 2.19. The quantitative estimate of drug-likeness (QED) is 0.219. The lowest BCUT2D eigenvalue weighted by molar-refractivity contribution is 0.416. The van der Waals surface area contributed by atoms with Crippen LogP contribution >= 0.6 is 0 Å². The maximum Gasteiger partial charge on any atom is 0.149 e. The van der Waals surface area contributed by atoms with E-state index in [9.17, 15) is 0 Å². The SMILES string of the molecule is COc1ccccc1-c1nc2cccc3c4ccccc4n4c5ccccc5c5cccc(c6ccccc6n1c23)c54. The topological polar surface area (TPSA) is 30.9 Å². The van der Waals surface area contributed by atoms with Gasteiger partial charge in [-0.15, -0.1) is 0 Å². The Morgan fingerprint density at radius 1 is 0.452 bits per heavy atom. The van der Waals surface area contributed by atoms with Gasteiger partial charge in [0, 0.05) is 32.3 Å². The molecule has 4 nitrogen and oxygen atoms in total. The highest BCUT2D eigenvalue weighted by molar-refractivity contribution is 6.21. The molecule has 4 heteroatoms. The highest BCUT2D eigenvalue weighted by atomic mass is 16.5. The van der Waals surface area contributed by atoms with E-state index in [1.165, 1.54) is 27.2 Å². The second kappa shape index (κ2) is 8.69. The zero-order valence-electron chi connectivity index (χ0n) is 23.0. The molecule has 0 saturated carbocycles. The van der Waals surface area contributed by atoms with Crippen LogP contribution in [0.25, 0.3) is 76.8 Å². The average molecular weight is 540 g/mol. The van der Waals surface area contributed by atoms with Crippen LogP contribution in [-0.4, -0.2) is 20.9 Å². The molecule has 0 saturated heterocycles. The van der Waals surface area contributed by atoms with Gasteiger partial charge in [0.15, 0.2) is 0 Å². The zero-order chi connectivity index (χ0) is 27.8. The Morgan fingerprint density at radius 3 is 1.55 bits per heavy atom. The molecule has 3 heterocycles. The number of rotatable bonds is 2. The van der Waals surface area contributed by atoms with Crippen LogP contribution in [0.4, 0.5) is 0 Å². The van der Waals surface area contributed by atoms with E-state index < -0.39 is 0 Å². The van der Waals surface area contributed by atoms with Crippen molar-refractivity contribution in [1.82, 2.24) is 13.8 Å². The summed E-state index contributed by atoms with van der Waals surface area (Å²) in [6, 6.07) is 47.5. The van der Waals surface area contributed by atoms with Gasteiger partial charge >= 0.3 is 0 Å². The molecule has 0 aliphatic carbocycles. The third-order valence-electron chi connectivity index (χ3n) is 8.59. The van der Waals surface area contributed by atoms with Crippen molar-refractivity contribution < 1.29 is 4.74 Å². The molecule has 0 spiro atoms. The predicted octanol–water partition coefficient (Wildman–Crippen LogP) is 9.59. The summed E-state index contributed by atoms with van der Waals surface area (Å²) in [5.41, 5.74) is 7.59. The molecular weight excluding hydrogens is 514 g/mol. The van der Waals surface area contributed by atoms with Crippen molar-refractivity contribution >= 4 is 65.4 Å². The Bertz CT molecular complexity index is 2570. The second-order valence-electron chi connectivity index (χ2n) is 10.7. The Labute approximate surface area is 241 Å². The Hall–Kier alpha value is -5.61. The van der Waals surface area contributed by atoms with E-state index in [-0.39, 0.29) is 0 Å². The number of aromatic nitrogens is 3. The summed E-state index contributed by atoms with van der Waals surface area (Å²) in [4.78, 5) is 5.29. The lowest BCUT2D eigenvalue weighted by atomic mass is 10.1. The standard InChI is InChI=1S/C38H25N3O/c1-42-35-23-9-5-15-30(35)38-39-31-19-11-18-29-26-14-3-7-21-33(26)40-32-20-6-2-12-24(32)27-16-10-17-28(36(27)40)25-13-4-8-22-34(25)41(38)37(29)31/h2-23H,1H3. The summed E-state index contributed by atoms with van der Waals surface area (Å²) >= 11 is 0. The number of fused-ring (bicyclic) bond motifs is 9. The van der Waals surface area contributed by atoms with Gasteiger partial charge in [-0.25, -0.2) is 4.98 Å². The molecule has 0 atom stereocenters. The van der Waals surface area contributed by atoms with Gasteiger partial charge in [0.25, 0.3) is 0 Å². The molecule has 0 unspecified atom stereocenters. The molecular formula is C38H25N3O. The largest absolute Gasteiger partial charge is 0.496 e. The minimum Gasteiger partial charge on any atom is -0.496 e. The molecule has 0 amide bonds. The minimum absolute atomic E-state index is 0.794. The van der Waals surface area contributed by atoms with Crippen LogP contribution in [0.2, 0.25) is 0 Å². The van der Waals surface area contributed by atoms with Crippen molar-refractivity contribution in [3.8, 4) is 17.1 Å². The van der Waals surface area contributed by atoms with Gasteiger partial charge < -0.3 is 9.14 Å². The smallest absolute Gasteiger partial charge is 0.149 e. The predicted molar refractivity (Wildman–Crippen MR) is 174 cm³/mol. The van der Waals surface area contributed by atoms with Crippen LogP contribution < -0.4 is 4.74 Å². The molecule has 0 radical (unpaired) electrons. The second-order valence-corrected chi connectivity index (χ2v) is 10.7. The molecule has 198 valence electrons. The van der Waals surface area contributed by atoms with Crippen molar-refractivity contribution in [2.24, 2.45) is 0 Å². The van der Waals surface area contributed by atoms with Crippen LogP contribution in [0, 0.1) is 0 Å². The lowest BCUT2D eigenvalue weighted by Crippen LogP contribution is -1.95. The fraction of sp³-hybridized carbons (Fsp3) is 0.0263. The van der Waals surface area contributed by atoms with Crippen molar-refractivity contribution in [2.45, 2.75) is 0 Å². The fourth-order valence-electron chi connectivity index (χ4n) is 6.87. The molecule has 0 bridgehead atoms. The number of hydrogen-bond donors (Lipinski definition) is 0. The van der Waals surface area contributed by atoms with Crippen molar-refractivity contribution in [3.05, 3.63) is 133 Å². The Balaban J connectivity index is 1.71. The third kappa shape index (κ3) is 3.04. The summed E-state index contributed by atoms with van der Waals surface area (Å²) in [6.07, 6.45) is 0. The van der Waals surface area contributed by atoms with Crippen molar-refractivity contribution in [3.63, 3.8) is 0 Å². The van der Waals surface area contributed by atoms with E-state index in [0.717, 1.165) is 55.4 Å². The van der Waals surface area contributed by atoms with E-state index in [4.69, 9.17) is 9.72 Å². The first kappa shape index (κ1) is 23.1. The monoisotopic (exact) mass is 539 g/mol. The summed E-state index contributed by atoms with van der Waals surface area (Å²) in [6.45, 7) is 0. The van der Waals surface area contributed by atoms with Crippen LogP contribution in [0.3, 0.4) is 0 Å². The van der Waals surface area contributed by atoms with Gasteiger partial charge in [-0.2, -0.15) is 0 Å². The maximum absolute atomic E-state index is 5.86. The van der Waals surface area contributed by atoms with Crippen molar-refractivity contribution in [1.29, 1.82) is 0 Å². The van der Waals surface area contributed by atoms with Gasteiger partial charge in [-0.1, -0.05) is 97.1 Å². The van der Waals surface area contributed by atoms with Crippen LogP contribution in [-0.2, 0) is 0 Å². The number of para-hydroxylation sites is 6. The molecule has 0 fully saturated rings. The van der Waals surface area contributed by atoms with Crippen LogP contribution in [0.1, 0.15) is 0 Å². The van der Waals surface area contributed by atoms with E-state index in [1.807, 2.05) is 18.2 Å². The lowest BCUT2D eigenvalue weighted by Gasteiger charge is -2.12. The molecule has 0 N–H and O–H groups in total. The highest BCUT2D eigenvalue weighted by Crippen LogP contribution is 2.39. The molecule has 42 heavy (non-hydrogen) atoms. The number of methoxy groups -OCH3 is 1. The molecule has 0 aliphatic heterocycles. The first-order valence-corrected chi connectivity index (χ1v) is 14.2. The van der Waals surface area contributed by atoms with Crippen LogP contribution in [0.15, 0.2) is 133 Å². The van der Waals surface area contributed by atoms with Gasteiger partial charge in [-0.05, 0) is 36.4 Å². The number of ether oxygens (including phenoxy) is 1. The summed E-state index contributed by atoms with van der Waals surface area (Å²) in [5.74, 6) is 1.65. The fourth-order valence-corrected chi connectivity index (χ4v) is 6.87. The Morgan fingerprint density at radius 2 is 0.929 bits per heavy atom. The van der Waals surface area contributed by atoms with E-state index >= 15 is 0 Å². The normalized spacial score (nSPS) is 11.9. The number of hydrogen-bond acceptors (Lipinski definition) is 2. The van der Waals surface area contributed by atoms with E-state index in [1.54, 1.807) is 7.11 Å². The van der Waals surface area contributed by atoms with Gasteiger partial charge in [0.05, 0.1) is 45.8 Å². The van der Waals surface area contributed by atoms with Crippen LogP contribution in [0.5, 0.6) is 5.75 Å². The van der Waals surface area contributed by atoms with E-state index in [2.05, 4.69) is 124 Å². The molecule has 0 aliphatic rings. The van der Waals surface area contributed by atoms with Gasteiger partial charge in [-0.3, -0.25) is 4.40 Å². The number of imidazole rings is 1. The molecule has 3 aromatic heterocycles. The van der Waals surface area contributed by atoms with Gasteiger partial charge in [0.1, 0.15) is 11.6 Å². The maximum atomic E-state index is 5.86. The molecule has 9 aromatic rings. The van der Waals surface area contributed by atoms with Crippen molar-refractivity contribution in [2.75, 3.05) is 7.11 Å². The number of benzene rings is 6. The third-order valence-corrected chi connectivity index (χ3v) is 8.59. The van der Waals surface area contributed by atoms with Gasteiger partial charge in [0.2, 0.25) is 0 Å². The van der Waals surface area contributed by atoms with E-state index in [0.29, 0.717) is 0 Å². The minimum atomic E-state index is 0.794. The summed E-state index contributed by atoms with van der Waals surface area (Å²) in [5, 5.41) is 7.11. The Kier molecular flexibility index (Phi) is 4.79. The summed E-state index contributed by atoms with van der Waals surface area (Å²) in [7, 11) is 1.72. The number of nitrogens with zero attached hydrogens (tertiary/aromatic N) is 3. The summed E-state index contributed by atoms with van der Waals surface area (Å²) < 4.78 is 10.7. The first-order chi connectivity index (χ1) is 20.8.